The lowest BCUT2D eigenvalue weighted by molar-refractivity contribution is -0.137. The van der Waals surface area contributed by atoms with Crippen LogP contribution in [0.1, 0.15) is 18.0 Å². The number of pyridine rings is 1. The number of thioether (sulfide) groups is 1. The molecule has 22 heavy (non-hydrogen) atoms. The molecule has 0 aliphatic rings. The van der Waals surface area contributed by atoms with Crippen molar-refractivity contribution < 1.29 is 14.7 Å². The molecule has 0 radical (unpaired) electrons. The molecule has 0 bridgehead atoms. The van der Waals surface area contributed by atoms with Crippen LogP contribution < -0.4 is 5.32 Å². The second kappa shape index (κ2) is 8.19. The molecule has 1 aromatic heterocycles. The third-order valence-electron chi connectivity index (χ3n) is 2.90. The first-order chi connectivity index (χ1) is 10.6. The number of nitrogens with one attached hydrogen (secondary N) is 1. The first-order valence-electron chi connectivity index (χ1n) is 6.75. The number of hydrogen-bond donors (Lipinski definition) is 2. The van der Waals surface area contributed by atoms with E-state index in [2.05, 4.69) is 10.3 Å². The number of carbonyl (C=O) groups excluding carboxylic acids is 1. The molecular weight excluding hydrogens is 300 g/mol. The molecule has 2 N–H and O–H groups in total. The molecule has 1 amide bonds. The first-order valence-corrected chi connectivity index (χ1v) is 7.73. The topological polar surface area (TPSA) is 79.3 Å². The van der Waals surface area contributed by atoms with Crippen molar-refractivity contribution in [3.8, 4) is 0 Å². The van der Waals surface area contributed by atoms with Gasteiger partial charge in [-0.05, 0) is 17.7 Å². The fourth-order valence-corrected chi connectivity index (χ4v) is 2.59. The molecule has 0 fully saturated rings. The van der Waals surface area contributed by atoms with Gasteiger partial charge in [-0.3, -0.25) is 9.59 Å². The van der Waals surface area contributed by atoms with E-state index in [1.54, 1.807) is 18.3 Å². The van der Waals surface area contributed by atoms with Gasteiger partial charge in [0.15, 0.2) is 0 Å². The summed E-state index contributed by atoms with van der Waals surface area (Å²) in [6.07, 6.45) is 1.52. The van der Waals surface area contributed by atoms with E-state index in [4.69, 9.17) is 5.11 Å². The van der Waals surface area contributed by atoms with Crippen LogP contribution in [-0.2, 0) is 9.59 Å². The zero-order valence-electron chi connectivity index (χ0n) is 11.8. The van der Waals surface area contributed by atoms with Gasteiger partial charge in [-0.2, -0.15) is 0 Å². The van der Waals surface area contributed by atoms with Crippen molar-refractivity contribution in [2.24, 2.45) is 0 Å². The number of nitrogens with zero attached hydrogens (tertiary/aromatic N) is 1. The molecule has 0 aliphatic carbocycles. The summed E-state index contributed by atoms with van der Waals surface area (Å²) in [6, 6.07) is 14.0. The number of aromatic nitrogens is 1. The Morgan fingerprint density at radius 3 is 2.50 bits per heavy atom. The van der Waals surface area contributed by atoms with Crippen molar-refractivity contribution in [1.29, 1.82) is 0 Å². The summed E-state index contributed by atoms with van der Waals surface area (Å²) < 4.78 is 0. The van der Waals surface area contributed by atoms with E-state index in [0.717, 1.165) is 10.6 Å². The Balaban J connectivity index is 1.95. The standard InChI is InChI=1S/C16H16N2O3S/c19-14(11-22-15-8-4-5-9-17-15)18-13(10-16(20)21)12-6-2-1-3-7-12/h1-9,13H,10-11H2,(H,18,19)(H,20,21). The van der Waals surface area contributed by atoms with E-state index in [1.165, 1.54) is 11.8 Å². The molecule has 0 aliphatic heterocycles. The van der Waals surface area contributed by atoms with Gasteiger partial charge in [0.1, 0.15) is 0 Å². The van der Waals surface area contributed by atoms with Gasteiger partial charge in [0.05, 0.1) is 23.2 Å². The zero-order valence-corrected chi connectivity index (χ0v) is 12.6. The summed E-state index contributed by atoms with van der Waals surface area (Å²) >= 11 is 1.31. The number of amides is 1. The summed E-state index contributed by atoms with van der Waals surface area (Å²) in [6.45, 7) is 0. The molecule has 0 saturated heterocycles. The summed E-state index contributed by atoms with van der Waals surface area (Å²) in [5, 5.41) is 12.5. The Morgan fingerprint density at radius 2 is 1.86 bits per heavy atom. The van der Waals surface area contributed by atoms with Crippen LogP contribution in [0.5, 0.6) is 0 Å². The molecule has 5 nitrogen and oxygen atoms in total. The highest BCUT2D eigenvalue weighted by molar-refractivity contribution is 7.99. The van der Waals surface area contributed by atoms with Crippen LogP contribution in [0, 0.1) is 0 Å². The Kier molecular flexibility index (Phi) is 5.97. The van der Waals surface area contributed by atoms with Crippen molar-refractivity contribution in [3.63, 3.8) is 0 Å². The summed E-state index contributed by atoms with van der Waals surface area (Å²) in [5.41, 5.74) is 0.779. The largest absolute Gasteiger partial charge is 0.481 e. The summed E-state index contributed by atoms with van der Waals surface area (Å²) in [7, 11) is 0. The highest BCUT2D eigenvalue weighted by Crippen LogP contribution is 2.18. The van der Waals surface area contributed by atoms with Gasteiger partial charge < -0.3 is 10.4 Å². The van der Waals surface area contributed by atoms with Crippen LogP contribution in [0.25, 0.3) is 0 Å². The van der Waals surface area contributed by atoms with Gasteiger partial charge in [0.25, 0.3) is 0 Å². The van der Waals surface area contributed by atoms with Gasteiger partial charge >= 0.3 is 5.97 Å². The number of rotatable bonds is 7. The lowest BCUT2D eigenvalue weighted by Gasteiger charge is -2.17. The molecule has 0 spiro atoms. The molecule has 0 saturated carbocycles. The van der Waals surface area contributed by atoms with Crippen molar-refractivity contribution in [2.45, 2.75) is 17.5 Å². The van der Waals surface area contributed by atoms with E-state index < -0.39 is 12.0 Å². The van der Waals surface area contributed by atoms with E-state index >= 15 is 0 Å². The van der Waals surface area contributed by atoms with Crippen LogP contribution in [-0.4, -0.2) is 27.7 Å². The molecule has 6 heteroatoms. The minimum atomic E-state index is -0.952. The van der Waals surface area contributed by atoms with Crippen molar-refractivity contribution >= 4 is 23.6 Å². The van der Waals surface area contributed by atoms with Crippen LogP contribution in [0.4, 0.5) is 0 Å². The quantitative estimate of drug-likeness (QED) is 0.767. The van der Waals surface area contributed by atoms with Gasteiger partial charge in [0, 0.05) is 6.20 Å². The fourth-order valence-electron chi connectivity index (χ4n) is 1.92. The van der Waals surface area contributed by atoms with Gasteiger partial charge in [-0.25, -0.2) is 4.98 Å². The average molecular weight is 316 g/mol. The molecule has 1 atom stereocenters. The van der Waals surface area contributed by atoms with Crippen molar-refractivity contribution in [3.05, 3.63) is 60.3 Å². The predicted octanol–water partition coefficient (Wildman–Crippen LogP) is 2.51. The molecule has 2 rings (SSSR count). The highest BCUT2D eigenvalue weighted by Gasteiger charge is 2.17. The Labute approximate surface area is 132 Å². The number of carbonyl (C=O) groups is 2. The summed E-state index contributed by atoms with van der Waals surface area (Å²) in [5.74, 6) is -0.975. The monoisotopic (exact) mass is 316 g/mol. The SMILES string of the molecule is O=C(O)CC(NC(=O)CSc1ccccn1)c1ccccc1. The van der Waals surface area contributed by atoms with E-state index in [9.17, 15) is 9.59 Å². The first kappa shape index (κ1) is 16.0. The molecular formula is C16H16N2O3S. The molecule has 1 aromatic carbocycles. The minimum Gasteiger partial charge on any atom is -0.481 e. The minimum absolute atomic E-state index is 0.149. The van der Waals surface area contributed by atoms with Crippen molar-refractivity contribution in [2.75, 3.05) is 5.75 Å². The normalized spacial score (nSPS) is 11.6. The van der Waals surface area contributed by atoms with Gasteiger partial charge in [-0.1, -0.05) is 48.2 Å². The van der Waals surface area contributed by atoms with Crippen LogP contribution in [0.15, 0.2) is 59.8 Å². The third-order valence-corrected chi connectivity index (χ3v) is 3.85. The number of aliphatic carboxylic acids is 1. The summed E-state index contributed by atoms with van der Waals surface area (Å²) in [4.78, 5) is 27.1. The highest BCUT2D eigenvalue weighted by atomic mass is 32.2. The fraction of sp³-hybridized carbons (Fsp3) is 0.188. The molecule has 2 aromatic rings. The average Bonchev–Trinajstić information content (AvgIpc) is 2.54. The number of carboxylic acid groups (broad SMARTS) is 1. The van der Waals surface area contributed by atoms with Crippen LogP contribution in [0.2, 0.25) is 0 Å². The zero-order chi connectivity index (χ0) is 15.8. The maximum absolute atomic E-state index is 12.0. The van der Waals surface area contributed by atoms with Gasteiger partial charge in [-0.15, -0.1) is 0 Å². The number of hydrogen-bond acceptors (Lipinski definition) is 4. The maximum atomic E-state index is 12.0. The van der Waals surface area contributed by atoms with Gasteiger partial charge in [0.2, 0.25) is 5.91 Å². The lowest BCUT2D eigenvalue weighted by Crippen LogP contribution is -2.31. The third kappa shape index (κ3) is 5.21. The van der Waals surface area contributed by atoms with E-state index in [1.807, 2.05) is 36.4 Å². The molecule has 114 valence electrons. The van der Waals surface area contributed by atoms with E-state index in [-0.39, 0.29) is 18.1 Å². The number of benzene rings is 1. The second-order valence-electron chi connectivity index (χ2n) is 4.59. The van der Waals surface area contributed by atoms with E-state index in [0.29, 0.717) is 0 Å². The lowest BCUT2D eigenvalue weighted by atomic mass is 10.0. The molecule has 1 heterocycles. The molecule has 1 unspecified atom stereocenters. The Morgan fingerprint density at radius 1 is 1.14 bits per heavy atom. The van der Waals surface area contributed by atoms with Crippen LogP contribution in [0.3, 0.4) is 0 Å². The smallest absolute Gasteiger partial charge is 0.305 e. The second-order valence-corrected chi connectivity index (χ2v) is 5.58. The number of carboxylic acids is 1. The maximum Gasteiger partial charge on any atom is 0.305 e. The predicted molar refractivity (Wildman–Crippen MR) is 84.5 cm³/mol. The Bertz CT molecular complexity index is 620. The van der Waals surface area contributed by atoms with Crippen LogP contribution >= 0.6 is 11.8 Å². The Hall–Kier alpha value is -2.34. The van der Waals surface area contributed by atoms with Crippen molar-refractivity contribution in [1.82, 2.24) is 10.3 Å².